The van der Waals surface area contributed by atoms with Gasteiger partial charge in [-0.2, -0.15) is 0 Å². The number of pyridine rings is 1. The highest BCUT2D eigenvalue weighted by Gasteiger charge is 2.11. The molecule has 0 amide bonds. The fraction of sp³-hybridized carbons (Fsp3) is 0.154. The van der Waals surface area contributed by atoms with Crippen LogP contribution >= 0.6 is 0 Å². The van der Waals surface area contributed by atoms with E-state index >= 15 is 0 Å². The fourth-order valence-electron chi connectivity index (χ4n) is 1.70. The van der Waals surface area contributed by atoms with Crippen LogP contribution < -0.4 is 11.3 Å². The van der Waals surface area contributed by atoms with Crippen LogP contribution in [0.3, 0.4) is 0 Å². The highest BCUT2D eigenvalue weighted by molar-refractivity contribution is 5.68. The Kier molecular flexibility index (Phi) is 2.71. The van der Waals surface area contributed by atoms with Gasteiger partial charge in [0, 0.05) is 24.5 Å². The van der Waals surface area contributed by atoms with E-state index in [2.05, 4.69) is 0 Å². The van der Waals surface area contributed by atoms with Gasteiger partial charge in [-0.3, -0.25) is 4.79 Å². The van der Waals surface area contributed by atoms with Crippen molar-refractivity contribution in [3.63, 3.8) is 0 Å². The smallest absolute Gasteiger partial charge is 0.258 e. The van der Waals surface area contributed by atoms with E-state index in [0.29, 0.717) is 16.8 Å². The SMILES string of the molecule is Cc1cc(F)c(-c2cccn(C)c2=O)cc1N. The van der Waals surface area contributed by atoms with Gasteiger partial charge in [0.15, 0.2) is 0 Å². The lowest BCUT2D eigenvalue weighted by Gasteiger charge is -2.08. The molecular weight excluding hydrogens is 219 g/mol. The van der Waals surface area contributed by atoms with Gasteiger partial charge in [-0.15, -0.1) is 0 Å². The summed E-state index contributed by atoms with van der Waals surface area (Å²) >= 11 is 0. The molecule has 0 aliphatic heterocycles. The van der Waals surface area contributed by atoms with Crippen molar-refractivity contribution in [2.24, 2.45) is 7.05 Å². The van der Waals surface area contributed by atoms with Gasteiger partial charge in [-0.1, -0.05) is 0 Å². The highest BCUT2D eigenvalue weighted by atomic mass is 19.1. The molecule has 1 aromatic heterocycles. The lowest BCUT2D eigenvalue weighted by Crippen LogP contribution is -2.17. The largest absolute Gasteiger partial charge is 0.398 e. The number of nitrogen functional groups attached to an aromatic ring is 1. The lowest BCUT2D eigenvalue weighted by atomic mass is 10.0. The Hall–Kier alpha value is -2.10. The molecule has 2 N–H and O–H groups in total. The molecule has 0 saturated heterocycles. The molecule has 1 aromatic carbocycles. The Balaban J connectivity index is 2.73. The van der Waals surface area contributed by atoms with Crippen molar-refractivity contribution in [1.29, 1.82) is 0 Å². The normalized spacial score (nSPS) is 10.5. The Labute approximate surface area is 98.3 Å². The van der Waals surface area contributed by atoms with Crippen molar-refractivity contribution in [2.45, 2.75) is 6.92 Å². The summed E-state index contributed by atoms with van der Waals surface area (Å²) in [5.74, 6) is -0.431. The zero-order valence-electron chi connectivity index (χ0n) is 9.70. The Morgan fingerprint density at radius 3 is 2.71 bits per heavy atom. The molecule has 0 fully saturated rings. The van der Waals surface area contributed by atoms with E-state index in [9.17, 15) is 9.18 Å². The molecule has 0 spiro atoms. The maximum Gasteiger partial charge on any atom is 0.258 e. The zero-order valence-corrected chi connectivity index (χ0v) is 9.70. The van der Waals surface area contributed by atoms with E-state index in [-0.39, 0.29) is 11.1 Å². The number of aromatic nitrogens is 1. The highest BCUT2D eigenvalue weighted by Crippen LogP contribution is 2.24. The molecular formula is C13H13FN2O. The number of benzene rings is 1. The van der Waals surface area contributed by atoms with Crippen LogP contribution in [-0.2, 0) is 7.05 Å². The molecule has 1 heterocycles. The van der Waals surface area contributed by atoms with Crippen molar-refractivity contribution in [1.82, 2.24) is 4.57 Å². The number of hydrogen-bond acceptors (Lipinski definition) is 2. The first-order valence-electron chi connectivity index (χ1n) is 5.22. The van der Waals surface area contributed by atoms with E-state index in [4.69, 9.17) is 5.73 Å². The summed E-state index contributed by atoms with van der Waals surface area (Å²) in [6.07, 6.45) is 1.63. The van der Waals surface area contributed by atoms with E-state index < -0.39 is 5.82 Å². The number of rotatable bonds is 1. The summed E-state index contributed by atoms with van der Waals surface area (Å²) in [7, 11) is 1.63. The van der Waals surface area contributed by atoms with Gasteiger partial charge in [0.05, 0.1) is 5.56 Å². The van der Waals surface area contributed by atoms with Crippen molar-refractivity contribution in [3.05, 3.63) is 52.2 Å². The predicted molar refractivity (Wildman–Crippen MR) is 66.2 cm³/mol. The van der Waals surface area contributed by atoms with Crippen molar-refractivity contribution < 1.29 is 4.39 Å². The van der Waals surface area contributed by atoms with E-state index in [1.807, 2.05) is 0 Å². The van der Waals surface area contributed by atoms with Crippen LogP contribution in [0.4, 0.5) is 10.1 Å². The molecule has 4 heteroatoms. The number of halogens is 1. The van der Waals surface area contributed by atoms with Crippen LogP contribution in [0, 0.1) is 12.7 Å². The summed E-state index contributed by atoms with van der Waals surface area (Å²) < 4.78 is 15.2. The Morgan fingerprint density at radius 2 is 2.00 bits per heavy atom. The number of nitrogens with two attached hydrogens (primary N) is 1. The average molecular weight is 232 g/mol. The molecule has 88 valence electrons. The number of anilines is 1. The summed E-state index contributed by atoms with van der Waals surface area (Å²) in [6.45, 7) is 1.73. The quantitative estimate of drug-likeness (QED) is 0.765. The molecule has 17 heavy (non-hydrogen) atoms. The standard InChI is InChI=1S/C13H13FN2O/c1-8-6-11(14)10(7-12(8)15)9-4-3-5-16(2)13(9)17/h3-7H,15H2,1-2H3. The first kappa shape index (κ1) is 11.4. The third-order valence-corrected chi connectivity index (χ3v) is 2.77. The van der Waals surface area contributed by atoms with E-state index in [1.54, 1.807) is 32.3 Å². The molecule has 0 aliphatic carbocycles. The topological polar surface area (TPSA) is 48.0 Å². The van der Waals surface area contributed by atoms with Crippen LogP contribution in [0.1, 0.15) is 5.56 Å². The summed E-state index contributed by atoms with van der Waals surface area (Å²) in [6, 6.07) is 6.14. The van der Waals surface area contributed by atoms with Crippen molar-refractivity contribution in [3.8, 4) is 11.1 Å². The number of hydrogen-bond donors (Lipinski definition) is 1. The summed E-state index contributed by atoms with van der Waals surface area (Å²) in [5, 5.41) is 0. The molecule has 3 nitrogen and oxygen atoms in total. The molecule has 0 saturated carbocycles. The minimum atomic E-state index is -0.431. The first-order chi connectivity index (χ1) is 8.00. The lowest BCUT2D eigenvalue weighted by molar-refractivity contribution is 0.630. The van der Waals surface area contributed by atoms with Crippen LogP contribution in [0.2, 0.25) is 0 Å². The number of aryl methyl sites for hydroxylation is 2. The first-order valence-corrected chi connectivity index (χ1v) is 5.22. The minimum Gasteiger partial charge on any atom is -0.398 e. The van der Waals surface area contributed by atoms with Crippen LogP contribution in [0.5, 0.6) is 0 Å². The second-order valence-electron chi connectivity index (χ2n) is 4.03. The maximum atomic E-state index is 13.8. The van der Waals surface area contributed by atoms with Crippen LogP contribution in [-0.4, -0.2) is 4.57 Å². The maximum absolute atomic E-state index is 13.8. The van der Waals surface area contributed by atoms with Gasteiger partial charge in [-0.05, 0) is 36.8 Å². The van der Waals surface area contributed by atoms with Gasteiger partial charge in [0.2, 0.25) is 0 Å². The molecule has 2 rings (SSSR count). The molecule has 0 radical (unpaired) electrons. The minimum absolute atomic E-state index is 0.241. The third kappa shape index (κ3) is 1.93. The van der Waals surface area contributed by atoms with Gasteiger partial charge in [0.25, 0.3) is 5.56 Å². The second kappa shape index (κ2) is 4.05. The molecule has 0 bridgehead atoms. The monoisotopic (exact) mass is 232 g/mol. The third-order valence-electron chi connectivity index (χ3n) is 2.77. The second-order valence-corrected chi connectivity index (χ2v) is 4.03. The average Bonchev–Trinajstić information content (AvgIpc) is 2.28. The van der Waals surface area contributed by atoms with Gasteiger partial charge >= 0.3 is 0 Å². The molecule has 0 unspecified atom stereocenters. The predicted octanol–water partition coefficient (Wildman–Crippen LogP) is 2.08. The van der Waals surface area contributed by atoms with Gasteiger partial charge in [-0.25, -0.2) is 4.39 Å². The zero-order chi connectivity index (χ0) is 12.6. The molecule has 2 aromatic rings. The van der Waals surface area contributed by atoms with E-state index in [1.165, 1.54) is 16.7 Å². The summed E-state index contributed by atoms with van der Waals surface area (Å²) in [4.78, 5) is 11.9. The Morgan fingerprint density at radius 1 is 1.29 bits per heavy atom. The fourth-order valence-corrected chi connectivity index (χ4v) is 1.70. The van der Waals surface area contributed by atoms with Gasteiger partial charge in [0.1, 0.15) is 5.82 Å². The van der Waals surface area contributed by atoms with Gasteiger partial charge < -0.3 is 10.3 Å². The molecule has 0 atom stereocenters. The van der Waals surface area contributed by atoms with E-state index in [0.717, 1.165) is 0 Å². The number of nitrogens with zero attached hydrogens (tertiary/aromatic N) is 1. The van der Waals surface area contributed by atoms with Crippen molar-refractivity contribution >= 4 is 5.69 Å². The van der Waals surface area contributed by atoms with Crippen LogP contribution in [0.25, 0.3) is 11.1 Å². The van der Waals surface area contributed by atoms with Crippen LogP contribution in [0.15, 0.2) is 35.3 Å². The Bertz CT molecular complexity index is 632. The summed E-state index contributed by atoms with van der Waals surface area (Å²) in [5.41, 5.74) is 7.21. The van der Waals surface area contributed by atoms with Crippen molar-refractivity contribution in [2.75, 3.05) is 5.73 Å². The molecule has 0 aliphatic rings.